The molecule has 118 valence electrons. The molecule has 23 heavy (non-hydrogen) atoms. The summed E-state index contributed by atoms with van der Waals surface area (Å²) >= 11 is 0. The van der Waals surface area contributed by atoms with Crippen LogP contribution in [0.3, 0.4) is 0 Å². The highest BCUT2D eigenvalue weighted by Gasteiger charge is 2.16. The molecule has 0 bridgehead atoms. The zero-order valence-electron chi connectivity index (χ0n) is 13.1. The summed E-state index contributed by atoms with van der Waals surface area (Å²) in [5.74, 6) is -1.15. The Labute approximate surface area is 135 Å². The average Bonchev–Trinajstić information content (AvgIpc) is 2.55. The number of hydrogen-bond donors (Lipinski definition) is 0. The van der Waals surface area contributed by atoms with Gasteiger partial charge in [0.05, 0.1) is 5.56 Å². The SMILES string of the molecule is C=C(C)C(=O)OC(C)OC(=O)c1cccc(-c2ccccc2)c1. The van der Waals surface area contributed by atoms with Crippen molar-refractivity contribution in [3.8, 4) is 11.1 Å². The van der Waals surface area contributed by atoms with Crippen LogP contribution in [0.15, 0.2) is 66.7 Å². The quantitative estimate of drug-likeness (QED) is 0.476. The topological polar surface area (TPSA) is 52.6 Å². The van der Waals surface area contributed by atoms with Gasteiger partial charge in [-0.3, -0.25) is 0 Å². The summed E-state index contributed by atoms with van der Waals surface area (Å²) in [5, 5.41) is 0. The lowest BCUT2D eigenvalue weighted by atomic mass is 10.0. The van der Waals surface area contributed by atoms with Crippen LogP contribution in [0.4, 0.5) is 0 Å². The maximum absolute atomic E-state index is 12.2. The van der Waals surface area contributed by atoms with Gasteiger partial charge in [-0.25, -0.2) is 9.59 Å². The summed E-state index contributed by atoms with van der Waals surface area (Å²) in [6.45, 7) is 6.49. The molecule has 0 aliphatic heterocycles. The van der Waals surface area contributed by atoms with Gasteiger partial charge in [-0.05, 0) is 30.2 Å². The standard InChI is InChI=1S/C19H18O4/c1-13(2)18(20)22-14(3)23-19(21)17-11-7-10-16(12-17)15-8-5-4-6-9-15/h4-12,14H,1H2,2-3H3. The van der Waals surface area contributed by atoms with Crippen molar-refractivity contribution in [3.63, 3.8) is 0 Å². The minimum atomic E-state index is -0.980. The average molecular weight is 310 g/mol. The molecule has 2 aromatic rings. The molecule has 4 nitrogen and oxygen atoms in total. The summed E-state index contributed by atoms with van der Waals surface area (Å²) in [6, 6.07) is 16.8. The van der Waals surface area contributed by atoms with E-state index in [-0.39, 0.29) is 5.57 Å². The van der Waals surface area contributed by atoms with E-state index < -0.39 is 18.2 Å². The Balaban J connectivity index is 2.08. The summed E-state index contributed by atoms with van der Waals surface area (Å²) in [6.07, 6.45) is -0.980. The van der Waals surface area contributed by atoms with Crippen molar-refractivity contribution in [1.82, 2.24) is 0 Å². The first kappa shape index (κ1) is 16.5. The first-order valence-corrected chi connectivity index (χ1v) is 7.20. The highest BCUT2D eigenvalue weighted by atomic mass is 16.7. The predicted octanol–water partition coefficient (Wildman–Crippen LogP) is 3.98. The molecular formula is C19H18O4. The third-order valence-corrected chi connectivity index (χ3v) is 3.10. The molecule has 0 saturated carbocycles. The number of esters is 2. The fourth-order valence-corrected chi connectivity index (χ4v) is 1.95. The number of carbonyl (C=O) groups excluding carboxylic acids is 2. The van der Waals surface area contributed by atoms with Crippen LogP contribution >= 0.6 is 0 Å². The molecule has 0 aliphatic carbocycles. The molecular weight excluding hydrogens is 292 g/mol. The van der Waals surface area contributed by atoms with Crippen LogP contribution in [0.5, 0.6) is 0 Å². The van der Waals surface area contributed by atoms with Crippen molar-refractivity contribution in [2.45, 2.75) is 20.1 Å². The molecule has 1 unspecified atom stereocenters. The molecule has 0 aliphatic rings. The molecule has 0 saturated heterocycles. The number of ether oxygens (including phenoxy) is 2. The second kappa shape index (κ2) is 7.40. The van der Waals surface area contributed by atoms with Crippen LogP contribution in [-0.2, 0) is 14.3 Å². The van der Waals surface area contributed by atoms with Crippen LogP contribution in [0.1, 0.15) is 24.2 Å². The summed E-state index contributed by atoms with van der Waals surface area (Å²) in [4.78, 5) is 23.6. The maximum Gasteiger partial charge on any atom is 0.341 e. The fraction of sp³-hybridized carbons (Fsp3) is 0.158. The molecule has 0 heterocycles. The van der Waals surface area contributed by atoms with Gasteiger partial charge in [0.25, 0.3) is 0 Å². The molecule has 1 atom stereocenters. The van der Waals surface area contributed by atoms with E-state index >= 15 is 0 Å². The van der Waals surface area contributed by atoms with Gasteiger partial charge in [-0.15, -0.1) is 0 Å². The van der Waals surface area contributed by atoms with Gasteiger partial charge < -0.3 is 9.47 Å². The monoisotopic (exact) mass is 310 g/mol. The Morgan fingerprint density at radius 1 is 0.957 bits per heavy atom. The lowest BCUT2D eigenvalue weighted by molar-refractivity contribution is -0.160. The van der Waals surface area contributed by atoms with E-state index in [9.17, 15) is 9.59 Å². The molecule has 2 aromatic carbocycles. The Morgan fingerprint density at radius 3 is 2.26 bits per heavy atom. The highest BCUT2D eigenvalue weighted by molar-refractivity contribution is 5.91. The molecule has 0 fully saturated rings. The van der Waals surface area contributed by atoms with Crippen LogP contribution < -0.4 is 0 Å². The third kappa shape index (κ3) is 4.54. The normalized spacial score (nSPS) is 11.4. The Bertz CT molecular complexity index is 719. The molecule has 0 amide bonds. The minimum Gasteiger partial charge on any atom is -0.422 e. The van der Waals surface area contributed by atoms with Gasteiger partial charge in [0, 0.05) is 12.5 Å². The summed E-state index contributed by atoms with van der Waals surface area (Å²) in [7, 11) is 0. The van der Waals surface area contributed by atoms with Crippen LogP contribution in [0, 0.1) is 0 Å². The number of benzene rings is 2. The van der Waals surface area contributed by atoms with Crippen molar-refractivity contribution in [2.75, 3.05) is 0 Å². The van der Waals surface area contributed by atoms with Crippen molar-refractivity contribution in [2.24, 2.45) is 0 Å². The van der Waals surface area contributed by atoms with E-state index in [1.54, 1.807) is 18.2 Å². The fourth-order valence-electron chi connectivity index (χ4n) is 1.95. The summed E-state index contributed by atoms with van der Waals surface area (Å²) < 4.78 is 10.1. The van der Waals surface area contributed by atoms with Crippen LogP contribution in [-0.4, -0.2) is 18.2 Å². The van der Waals surface area contributed by atoms with Gasteiger partial charge in [0.2, 0.25) is 6.29 Å². The molecule has 0 aromatic heterocycles. The number of rotatable bonds is 5. The van der Waals surface area contributed by atoms with Gasteiger partial charge in [0.15, 0.2) is 0 Å². The van der Waals surface area contributed by atoms with E-state index in [0.29, 0.717) is 5.56 Å². The Morgan fingerprint density at radius 2 is 1.61 bits per heavy atom. The summed E-state index contributed by atoms with van der Waals surface area (Å²) in [5.41, 5.74) is 2.55. The van der Waals surface area contributed by atoms with Gasteiger partial charge in [-0.2, -0.15) is 0 Å². The van der Waals surface area contributed by atoms with E-state index in [0.717, 1.165) is 11.1 Å². The van der Waals surface area contributed by atoms with Crippen molar-refractivity contribution in [1.29, 1.82) is 0 Å². The van der Waals surface area contributed by atoms with Crippen molar-refractivity contribution >= 4 is 11.9 Å². The number of hydrogen-bond acceptors (Lipinski definition) is 4. The lowest BCUT2D eigenvalue weighted by Gasteiger charge is -2.14. The first-order chi connectivity index (χ1) is 11.0. The molecule has 4 heteroatoms. The smallest absolute Gasteiger partial charge is 0.341 e. The number of carbonyl (C=O) groups is 2. The van der Waals surface area contributed by atoms with E-state index in [1.165, 1.54) is 13.8 Å². The van der Waals surface area contributed by atoms with E-state index in [1.807, 2.05) is 36.4 Å². The molecule has 0 radical (unpaired) electrons. The van der Waals surface area contributed by atoms with Crippen LogP contribution in [0.25, 0.3) is 11.1 Å². The molecule has 0 N–H and O–H groups in total. The second-order valence-electron chi connectivity index (χ2n) is 5.11. The Hall–Kier alpha value is -2.88. The lowest BCUT2D eigenvalue weighted by Crippen LogP contribution is -2.22. The zero-order chi connectivity index (χ0) is 16.8. The van der Waals surface area contributed by atoms with Crippen molar-refractivity contribution < 1.29 is 19.1 Å². The highest BCUT2D eigenvalue weighted by Crippen LogP contribution is 2.20. The second-order valence-corrected chi connectivity index (χ2v) is 5.11. The van der Waals surface area contributed by atoms with E-state index in [2.05, 4.69) is 6.58 Å². The van der Waals surface area contributed by atoms with Gasteiger partial charge in [0.1, 0.15) is 0 Å². The third-order valence-electron chi connectivity index (χ3n) is 3.10. The van der Waals surface area contributed by atoms with Gasteiger partial charge >= 0.3 is 11.9 Å². The maximum atomic E-state index is 12.2. The largest absolute Gasteiger partial charge is 0.422 e. The molecule has 0 spiro atoms. The van der Waals surface area contributed by atoms with Gasteiger partial charge in [-0.1, -0.05) is 49.0 Å². The van der Waals surface area contributed by atoms with E-state index in [4.69, 9.17) is 9.47 Å². The van der Waals surface area contributed by atoms with Crippen molar-refractivity contribution in [3.05, 3.63) is 72.3 Å². The predicted molar refractivity (Wildman–Crippen MR) is 87.7 cm³/mol. The van der Waals surface area contributed by atoms with Crippen LogP contribution in [0.2, 0.25) is 0 Å². The zero-order valence-corrected chi connectivity index (χ0v) is 13.1. The molecule has 2 rings (SSSR count). The Kier molecular flexibility index (Phi) is 5.31. The first-order valence-electron chi connectivity index (χ1n) is 7.20. The minimum absolute atomic E-state index is 0.249.